The molecule has 0 aromatic carbocycles. The number of hydrogen-bond acceptors (Lipinski definition) is 1. The van der Waals surface area contributed by atoms with Gasteiger partial charge in [0.15, 0.2) is 0 Å². The van der Waals surface area contributed by atoms with E-state index in [4.69, 9.17) is 0 Å². The van der Waals surface area contributed by atoms with Crippen molar-refractivity contribution >= 4 is 6.08 Å². The third-order valence-electron chi connectivity index (χ3n) is 8.51. The van der Waals surface area contributed by atoms with Gasteiger partial charge in [-0.05, 0) is 97.3 Å². The number of fused-ring (bicyclic) bond motifs is 5. The molecule has 0 bridgehead atoms. The molecule has 5 rings (SSSR count). The van der Waals surface area contributed by atoms with E-state index in [0.29, 0.717) is 10.8 Å². The number of aromatic nitrogens is 1. The number of allylic oxidation sites excluding steroid dienone is 5. The van der Waals surface area contributed by atoms with Crippen LogP contribution in [0.1, 0.15) is 64.5 Å². The quantitative estimate of drug-likeness (QED) is 0.559. The predicted octanol–water partition coefficient (Wildman–Crippen LogP) is 6.59. The lowest BCUT2D eigenvalue weighted by Gasteiger charge is -2.56. The van der Waals surface area contributed by atoms with Gasteiger partial charge < -0.3 is 0 Å². The summed E-state index contributed by atoms with van der Waals surface area (Å²) in [5.74, 6) is 2.63. The molecule has 1 heterocycles. The van der Waals surface area contributed by atoms with Crippen molar-refractivity contribution in [2.24, 2.45) is 28.6 Å². The number of hydrogen-bond donors (Lipinski definition) is 0. The van der Waals surface area contributed by atoms with Crippen LogP contribution in [0.5, 0.6) is 0 Å². The van der Waals surface area contributed by atoms with Gasteiger partial charge in [-0.2, -0.15) is 0 Å². The largest absolute Gasteiger partial charge is 0.257 e. The van der Waals surface area contributed by atoms with Crippen molar-refractivity contribution in [3.05, 3.63) is 59.5 Å². The Kier molecular flexibility index (Phi) is 3.78. The molecule has 0 spiro atoms. The molecule has 1 nitrogen and oxygen atoms in total. The minimum Gasteiger partial charge on any atom is -0.257 e. The fraction of sp³-hybridized carbons (Fsp3) is 0.560. The number of nitrogens with zero attached hydrogens (tertiary/aromatic N) is 1. The average Bonchev–Trinajstić information content (AvgIpc) is 2.98. The first kappa shape index (κ1) is 16.5. The summed E-state index contributed by atoms with van der Waals surface area (Å²) < 4.78 is 0. The molecule has 0 radical (unpaired) electrons. The van der Waals surface area contributed by atoms with Crippen LogP contribution in [0, 0.1) is 28.6 Å². The van der Waals surface area contributed by atoms with E-state index < -0.39 is 0 Å². The minimum absolute atomic E-state index is 0.394. The van der Waals surface area contributed by atoms with Crippen molar-refractivity contribution in [2.75, 3.05) is 0 Å². The van der Waals surface area contributed by atoms with Crippen molar-refractivity contribution in [1.82, 2.24) is 4.98 Å². The van der Waals surface area contributed by atoms with Gasteiger partial charge in [0, 0.05) is 6.20 Å². The normalized spacial score (nSPS) is 42.8. The van der Waals surface area contributed by atoms with Crippen LogP contribution in [-0.4, -0.2) is 4.98 Å². The maximum Gasteiger partial charge on any atom is 0.0629 e. The molecular formula is C25H31N. The summed E-state index contributed by atoms with van der Waals surface area (Å²) >= 11 is 0. The van der Waals surface area contributed by atoms with E-state index in [9.17, 15) is 0 Å². The van der Waals surface area contributed by atoms with Crippen LogP contribution in [0.3, 0.4) is 0 Å². The summed E-state index contributed by atoms with van der Waals surface area (Å²) in [5, 5.41) is 0. The second-order valence-corrected chi connectivity index (χ2v) is 9.55. The van der Waals surface area contributed by atoms with Gasteiger partial charge in [0.1, 0.15) is 0 Å². The van der Waals surface area contributed by atoms with E-state index in [2.05, 4.69) is 55.3 Å². The van der Waals surface area contributed by atoms with Gasteiger partial charge in [0.25, 0.3) is 0 Å². The topological polar surface area (TPSA) is 12.9 Å². The molecule has 4 aliphatic carbocycles. The van der Waals surface area contributed by atoms with Crippen molar-refractivity contribution in [3.63, 3.8) is 0 Å². The molecular weight excluding hydrogens is 314 g/mol. The highest BCUT2D eigenvalue weighted by Crippen LogP contribution is 2.65. The molecule has 0 saturated heterocycles. The zero-order valence-electron chi connectivity index (χ0n) is 16.2. The van der Waals surface area contributed by atoms with Gasteiger partial charge in [0.05, 0.1) is 5.69 Å². The summed E-state index contributed by atoms with van der Waals surface area (Å²) in [6.07, 6.45) is 21.1. The van der Waals surface area contributed by atoms with Crippen LogP contribution in [0.15, 0.2) is 53.8 Å². The first-order chi connectivity index (χ1) is 12.6. The Morgan fingerprint density at radius 2 is 1.96 bits per heavy atom. The Labute approximate surface area is 158 Å². The molecule has 0 aliphatic heterocycles. The fourth-order valence-electron chi connectivity index (χ4n) is 7.02. The van der Waals surface area contributed by atoms with E-state index in [1.165, 1.54) is 44.9 Å². The molecule has 0 amide bonds. The Hall–Kier alpha value is -1.63. The van der Waals surface area contributed by atoms with Gasteiger partial charge in [-0.15, -0.1) is 0 Å². The second-order valence-electron chi connectivity index (χ2n) is 9.55. The monoisotopic (exact) mass is 345 g/mol. The number of rotatable bonds is 1. The maximum absolute atomic E-state index is 4.56. The smallest absolute Gasteiger partial charge is 0.0629 e. The van der Waals surface area contributed by atoms with Crippen LogP contribution in [0.2, 0.25) is 0 Å². The lowest BCUT2D eigenvalue weighted by molar-refractivity contribution is -0.00545. The van der Waals surface area contributed by atoms with E-state index in [-0.39, 0.29) is 0 Å². The summed E-state index contributed by atoms with van der Waals surface area (Å²) in [7, 11) is 0. The Bertz CT molecular complexity index is 786. The van der Waals surface area contributed by atoms with Crippen molar-refractivity contribution in [3.8, 4) is 0 Å². The number of pyridine rings is 1. The second kappa shape index (κ2) is 5.94. The van der Waals surface area contributed by atoms with Gasteiger partial charge in [-0.1, -0.05) is 43.7 Å². The summed E-state index contributed by atoms with van der Waals surface area (Å²) in [6.45, 7) is 5.14. The van der Waals surface area contributed by atoms with E-state index in [0.717, 1.165) is 23.4 Å². The summed E-state index contributed by atoms with van der Waals surface area (Å²) in [4.78, 5) is 4.56. The zero-order chi connectivity index (χ0) is 17.8. The average molecular weight is 346 g/mol. The standard InChI is InChI=1S/C25H31N/c1-24-14-5-3-7-18(24)9-11-21-22-12-10-19(17-20-8-4-6-16-26-20)25(22,2)15-13-23(21)24/h3-4,6-9,16-17,21-23H,5,10-15H2,1-2H3/b19-17+/t21?,22?,23?,24-,25+/m0/s1. The van der Waals surface area contributed by atoms with E-state index >= 15 is 0 Å². The third-order valence-corrected chi connectivity index (χ3v) is 8.51. The third kappa shape index (κ3) is 2.32. The highest BCUT2D eigenvalue weighted by atomic mass is 14.7. The van der Waals surface area contributed by atoms with Crippen LogP contribution in [0.4, 0.5) is 0 Å². The predicted molar refractivity (Wildman–Crippen MR) is 108 cm³/mol. The van der Waals surface area contributed by atoms with Crippen molar-refractivity contribution in [2.45, 2.75) is 58.8 Å². The maximum atomic E-state index is 4.56. The van der Waals surface area contributed by atoms with Gasteiger partial charge in [0.2, 0.25) is 0 Å². The summed E-state index contributed by atoms with van der Waals surface area (Å²) in [6, 6.07) is 6.27. The van der Waals surface area contributed by atoms with Crippen molar-refractivity contribution in [1.29, 1.82) is 0 Å². The first-order valence-electron chi connectivity index (χ1n) is 10.6. The lowest BCUT2D eigenvalue weighted by Crippen LogP contribution is -2.48. The van der Waals surface area contributed by atoms with Gasteiger partial charge in [-0.3, -0.25) is 4.98 Å². The molecule has 26 heavy (non-hydrogen) atoms. The minimum atomic E-state index is 0.394. The molecule has 0 N–H and O–H groups in total. The highest BCUT2D eigenvalue weighted by molar-refractivity contribution is 5.52. The molecule has 5 atom stereocenters. The Morgan fingerprint density at radius 1 is 1.08 bits per heavy atom. The summed E-state index contributed by atoms with van der Waals surface area (Å²) in [5.41, 5.74) is 5.29. The van der Waals surface area contributed by atoms with Crippen LogP contribution in [-0.2, 0) is 0 Å². The SMILES string of the molecule is C[C@]12CCC=CC1=CCC1C2CC[C@]2(C)/C(=C/c3ccccn3)CCC12. The van der Waals surface area contributed by atoms with Crippen LogP contribution < -0.4 is 0 Å². The van der Waals surface area contributed by atoms with Crippen LogP contribution >= 0.6 is 0 Å². The molecule has 1 aromatic heterocycles. The highest BCUT2D eigenvalue weighted by Gasteiger charge is 2.56. The first-order valence-corrected chi connectivity index (χ1v) is 10.6. The Morgan fingerprint density at radius 3 is 2.81 bits per heavy atom. The van der Waals surface area contributed by atoms with Crippen LogP contribution in [0.25, 0.3) is 6.08 Å². The molecule has 2 fully saturated rings. The fourth-order valence-corrected chi connectivity index (χ4v) is 7.02. The molecule has 1 aromatic rings. The van der Waals surface area contributed by atoms with E-state index in [1.807, 2.05) is 12.3 Å². The van der Waals surface area contributed by atoms with Gasteiger partial charge >= 0.3 is 0 Å². The Balaban J connectivity index is 1.48. The molecule has 4 aliphatic rings. The lowest BCUT2D eigenvalue weighted by atomic mass is 9.48. The molecule has 136 valence electrons. The molecule has 1 heteroatoms. The molecule has 3 unspecified atom stereocenters. The van der Waals surface area contributed by atoms with E-state index in [1.54, 1.807) is 11.1 Å². The van der Waals surface area contributed by atoms with Gasteiger partial charge in [-0.25, -0.2) is 0 Å². The molecule has 2 saturated carbocycles. The zero-order valence-corrected chi connectivity index (χ0v) is 16.2. The van der Waals surface area contributed by atoms with Crippen molar-refractivity contribution < 1.29 is 0 Å².